The van der Waals surface area contributed by atoms with Crippen molar-refractivity contribution in [3.63, 3.8) is 0 Å². The molecule has 3 nitrogen and oxygen atoms in total. The summed E-state index contributed by atoms with van der Waals surface area (Å²) >= 11 is 0. The average molecular weight is 277 g/mol. The van der Waals surface area contributed by atoms with Crippen LogP contribution in [-0.2, 0) is 0 Å². The first-order valence-corrected chi connectivity index (χ1v) is 8.10. The molecule has 1 aromatic carbocycles. The van der Waals surface area contributed by atoms with Gasteiger partial charge in [-0.15, -0.1) is 0 Å². The third kappa shape index (κ3) is 6.40. The van der Waals surface area contributed by atoms with Gasteiger partial charge in [-0.2, -0.15) is 0 Å². The molecule has 0 aliphatic heterocycles. The van der Waals surface area contributed by atoms with Crippen molar-refractivity contribution in [3.05, 3.63) is 29.8 Å². The van der Waals surface area contributed by atoms with Crippen molar-refractivity contribution in [1.82, 2.24) is 5.43 Å². The number of nitrogens with one attached hydrogen (secondary N) is 1. The summed E-state index contributed by atoms with van der Waals surface area (Å²) in [5.41, 5.74) is 10.8. The molecule has 0 bridgehead atoms. The molecule has 114 valence electrons. The van der Waals surface area contributed by atoms with Crippen LogP contribution in [0.15, 0.2) is 24.3 Å². The predicted molar refractivity (Wildman–Crippen MR) is 88.1 cm³/mol. The highest BCUT2D eigenvalue weighted by molar-refractivity contribution is 5.48. The molecular weight excluding hydrogens is 246 g/mol. The Hall–Kier alpha value is -1.06. The zero-order valence-electron chi connectivity index (χ0n) is 12.9. The molecular formula is C17H31N3. The van der Waals surface area contributed by atoms with Gasteiger partial charge >= 0.3 is 0 Å². The summed E-state index contributed by atoms with van der Waals surface area (Å²) in [4.78, 5) is 0. The molecule has 3 heteroatoms. The van der Waals surface area contributed by atoms with Gasteiger partial charge in [0.2, 0.25) is 0 Å². The fourth-order valence-electron chi connectivity index (χ4n) is 2.64. The number of para-hydroxylation sites is 1. The lowest BCUT2D eigenvalue weighted by molar-refractivity contribution is 0.476. The minimum absolute atomic E-state index is 0.177. The van der Waals surface area contributed by atoms with Crippen molar-refractivity contribution in [3.8, 4) is 0 Å². The van der Waals surface area contributed by atoms with Gasteiger partial charge in [0.05, 0.1) is 0 Å². The van der Waals surface area contributed by atoms with E-state index in [1.807, 2.05) is 18.2 Å². The van der Waals surface area contributed by atoms with E-state index in [0.29, 0.717) is 0 Å². The van der Waals surface area contributed by atoms with Gasteiger partial charge in [-0.05, 0) is 18.1 Å². The van der Waals surface area contributed by atoms with E-state index in [1.54, 1.807) is 0 Å². The Kier molecular flexibility index (Phi) is 9.09. The number of hydrazine groups is 1. The Morgan fingerprint density at radius 1 is 0.950 bits per heavy atom. The summed E-state index contributed by atoms with van der Waals surface area (Å²) in [5.74, 6) is 5.66. The zero-order chi connectivity index (χ0) is 14.6. The van der Waals surface area contributed by atoms with Crippen LogP contribution in [0, 0.1) is 0 Å². The van der Waals surface area contributed by atoms with Crippen LogP contribution in [0.5, 0.6) is 0 Å². The minimum atomic E-state index is 0.177. The Morgan fingerprint density at radius 2 is 1.55 bits per heavy atom. The maximum absolute atomic E-state index is 6.00. The average Bonchev–Trinajstić information content (AvgIpc) is 2.47. The lowest BCUT2D eigenvalue weighted by Gasteiger charge is -2.18. The van der Waals surface area contributed by atoms with Crippen LogP contribution in [0.25, 0.3) is 0 Å². The van der Waals surface area contributed by atoms with Crippen LogP contribution in [0.3, 0.4) is 0 Å². The zero-order valence-corrected chi connectivity index (χ0v) is 12.9. The molecule has 0 amide bonds. The van der Waals surface area contributed by atoms with E-state index in [0.717, 1.165) is 17.7 Å². The minimum Gasteiger partial charge on any atom is -0.398 e. The lowest BCUT2D eigenvalue weighted by Crippen LogP contribution is -2.28. The first-order chi connectivity index (χ1) is 9.79. The summed E-state index contributed by atoms with van der Waals surface area (Å²) in [6.45, 7) is 2.26. The van der Waals surface area contributed by atoms with Gasteiger partial charge < -0.3 is 5.73 Å². The quantitative estimate of drug-likeness (QED) is 0.244. The highest BCUT2D eigenvalue weighted by atomic mass is 15.2. The third-order valence-electron chi connectivity index (χ3n) is 3.92. The molecule has 0 fully saturated rings. The predicted octanol–water partition coefficient (Wildman–Crippen LogP) is 4.30. The number of nitrogen functional groups attached to an aromatic ring is 1. The molecule has 0 aliphatic rings. The Morgan fingerprint density at radius 3 is 2.15 bits per heavy atom. The van der Waals surface area contributed by atoms with Crippen molar-refractivity contribution in [1.29, 1.82) is 0 Å². The molecule has 0 radical (unpaired) electrons. The number of nitrogens with two attached hydrogens (primary N) is 2. The third-order valence-corrected chi connectivity index (χ3v) is 3.92. The van der Waals surface area contributed by atoms with Crippen molar-refractivity contribution in [2.45, 2.75) is 70.8 Å². The maximum Gasteiger partial charge on any atom is 0.0480 e. The van der Waals surface area contributed by atoms with Crippen LogP contribution in [0.4, 0.5) is 5.69 Å². The molecule has 20 heavy (non-hydrogen) atoms. The van der Waals surface area contributed by atoms with Crippen LogP contribution >= 0.6 is 0 Å². The van der Waals surface area contributed by atoms with E-state index in [2.05, 4.69) is 18.4 Å². The topological polar surface area (TPSA) is 64.1 Å². The van der Waals surface area contributed by atoms with E-state index in [9.17, 15) is 0 Å². The van der Waals surface area contributed by atoms with Crippen LogP contribution < -0.4 is 17.0 Å². The Labute approximate surface area is 124 Å². The van der Waals surface area contributed by atoms with Crippen molar-refractivity contribution in [2.75, 3.05) is 5.73 Å². The standard InChI is InChI=1S/C17H31N3/c1-2-3-4-5-6-7-8-9-14-17(20-19)15-12-10-11-13-16(15)18/h10-13,17,20H,2-9,14,18-19H2,1H3. The number of hydrogen-bond acceptors (Lipinski definition) is 3. The number of benzene rings is 1. The molecule has 0 aliphatic carbocycles. The molecule has 0 aromatic heterocycles. The van der Waals surface area contributed by atoms with Gasteiger partial charge in [-0.1, -0.05) is 76.5 Å². The second kappa shape index (κ2) is 10.7. The van der Waals surface area contributed by atoms with Gasteiger partial charge in [0.1, 0.15) is 0 Å². The van der Waals surface area contributed by atoms with Crippen molar-refractivity contribution in [2.24, 2.45) is 5.84 Å². The Bertz CT molecular complexity index is 352. The van der Waals surface area contributed by atoms with Gasteiger partial charge in [-0.25, -0.2) is 0 Å². The highest BCUT2D eigenvalue weighted by Gasteiger charge is 2.11. The molecule has 0 heterocycles. The molecule has 0 saturated carbocycles. The van der Waals surface area contributed by atoms with E-state index in [4.69, 9.17) is 11.6 Å². The van der Waals surface area contributed by atoms with Gasteiger partial charge in [0, 0.05) is 11.7 Å². The number of hydrogen-bond donors (Lipinski definition) is 3. The fraction of sp³-hybridized carbons (Fsp3) is 0.647. The van der Waals surface area contributed by atoms with Crippen LogP contribution in [0.1, 0.15) is 76.3 Å². The molecule has 1 aromatic rings. The second-order valence-corrected chi connectivity index (χ2v) is 5.61. The highest BCUT2D eigenvalue weighted by Crippen LogP contribution is 2.24. The lowest BCUT2D eigenvalue weighted by atomic mass is 9.98. The Balaban J connectivity index is 2.18. The summed E-state index contributed by atoms with van der Waals surface area (Å²) in [7, 11) is 0. The van der Waals surface area contributed by atoms with Crippen molar-refractivity contribution >= 4 is 5.69 Å². The fourth-order valence-corrected chi connectivity index (χ4v) is 2.64. The first kappa shape index (κ1) is 17.0. The SMILES string of the molecule is CCCCCCCCCCC(NN)c1ccccc1N. The van der Waals surface area contributed by atoms with E-state index < -0.39 is 0 Å². The molecule has 1 atom stereocenters. The van der Waals surface area contributed by atoms with Gasteiger partial charge in [0.15, 0.2) is 0 Å². The van der Waals surface area contributed by atoms with E-state index >= 15 is 0 Å². The summed E-state index contributed by atoms with van der Waals surface area (Å²) < 4.78 is 0. The smallest absolute Gasteiger partial charge is 0.0480 e. The maximum atomic E-state index is 6.00. The first-order valence-electron chi connectivity index (χ1n) is 8.10. The molecule has 1 unspecified atom stereocenters. The van der Waals surface area contributed by atoms with Gasteiger partial charge in [-0.3, -0.25) is 11.3 Å². The molecule has 5 N–H and O–H groups in total. The normalized spacial score (nSPS) is 12.5. The summed E-state index contributed by atoms with van der Waals surface area (Å²) in [5, 5.41) is 0. The van der Waals surface area contributed by atoms with Crippen molar-refractivity contribution < 1.29 is 0 Å². The largest absolute Gasteiger partial charge is 0.398 e. The van der Waals surface area contributed by atoms with E-state index in [1.165, 1.54) is 51.4 Å². The monoisotopic (exact) mass is 277 g/mol. The number of unbranched alkanes of at least 4 members (excludes halogenated alkanes) is 7. The molecule has 1 rings (SSSR count). The second-order valence-electron chi connectivity index (χ2n) is 5.61. The van der Waals surface area contributed by atoms with Gasteiger partial charge in [0.25, 0.3) is 0 Å². The van der Waals surface area contributed by atoms with Crippen LogP contribution in [0.2, 0.25) is 0 Å². The number of rotatable bonds is 11. The summed E-state index contributed by atoms with van der Waals surface area (Å²) in [6, 6.07) is 8.15. The van der Waals surface area contributed by atoms with Crippen LogP contribution in [-0.4, -0.2) is 0 Å². The number of anilines is 1. The molecule has 0 saturated heterocycles. The van der Waals surface area contributed by atoms with E-state index in [-0.39, 0.29) is 6.04 Å². The summed E-state index contributed by atoms with van der Waals surface area (Å²) in [6.07, 6.45) is 11.7. The molecule has 0 spiro atoms.